The van der Waals surface area contributed by atoms with Crippen molar-refractivity contribution in [1.29, 1.82) is 0 Å². The summed E-state index contributed by atoms with van der Waals surface area (Å²) >= 11 is 6.17. The Hall–Kier alpha value is -2.57. The van der Waals surface area contributed by atoms with Crippen molar-refractivity contribution in [3.05, 3.63) is 53.1 Å². The normalized spacial score (nSPS) is 20.4. The van der Waals surface area contributed by atoms with Crippen molar-refractivity contribution >= 4 is 34.8 Å². The van der Waals surface area contributed by atoms with Gasteiger partial charge in [0.05, 0.1) is 25.3 Å². The highest BCUT2D eigenvalue weighted by Gasteiger charge is 2.43. The smallest absolute Gasteiger partial charge is 0.251 e. The lowest BCUT2D eigenvalue weighted by Gasteiger charge is -2.38. The summed E-state index contributed by atoms with van der Waals surface area (Å²) in [6.07, 6.45) is 0.215. The van der Waals surface area contributed by atoms with Crippen LogP contribution in [-0.2, 0) is 9.59 Å². The number of halogens is 1. The van der Waals surface area contributed by atoms with E-state index in [4.69, 9.17) is 16.3 Å². The second-order valence-electron chi connectivity index (χ2n) is 7.44. The number of amides is 2. The van der Waals surface area contributed by atoms with Crippen LogP contribution in [0, 0.1) is 6.92 Å². The van der Waals surface area contributed by atoms with Crippen LogP contribution in [0.25, 0.3) is 0 Å². The van der Waals surface area contributed by atoms with Gasteiger partial charge >= 0.3 is 0 Å². The van der Waals surface area contributed by atoms with E-state index >= 15 is 0 Å². The molecule has 2 aromatic rings. The van der Waals surface area contributed by atoms with E-state index in [0.717, 1.165) is 36.9 Å². The fraction of sp³-hybridized carbons (Fsp3) is 0.364. The first-order chi connectivity index (χ1) is 14.0. The predicted molar refractivity (Wildman–Crippen MR) is 114 cm³/mol. The molecule has 0 aliphatic carbocycles. The minimum atomic E-state index is -0.406. The van der Waals surface area contributed by atoms with E-state index in [1.807, 2.05) is 18.2 Å². The number of hydrogen-bond donors (Lipinski definition) is 0. The van der Waals surface area contributed by atoms with E-state index in [9.17, 15) is 9.59 Å². The van der Waals surface area contributed by atoms with E-state index in [-0.39, 0.29) is 18.2 Å². The number of aryl methyl sites for hydroxylation is 1. The van der Waals surface area contributed by atoms with Crippen LogP contribution in [0.5, 0.6) is 5.75 Å². The molecule has 29 heavy (non-hydrogen) atoms. The molecule has 2 saturated heterocycles. The molecular formula is C22H24ClN3O3. The van der Waals surface area contributed by atoms with E-state index in [1.165, 1.54) is 10.5 Å². The maximum atomic E-state index is 13.1. The minimum absolute atomic E-state index is 0.157. The summed E-state index contributed by atoms with van der Waals surface area (Å²) < 4.78 is 5.23. The molecule has 0 N–H and O–H groups in total. The Kier molecular flexibility index (Phi) is 5.48. The molecule has 7 heteroatoms. The maximum Gasteiger partial charge on any atom is 0.251 e. The Morgan fingerprint density at radius 1 is 1.03 bits per heavy atom. The highest BCUT2D eigenvalue weighted by Crippen LogP contribution is 2.30. The molecule has 0 unspecified atom stereocenters. The van der Waals surface area contributed by atoms with Crippen LogP contribution >= 0.6 is 11.6 Å². The molecule has 4 rings (SSSR count). The third-order valence-corrected chi connectivity index (χ3v) is 5.94. The minimum Gasteiger partial charge on any atom is -0.497 e. The SMILES string of the molecule is COc1cccc(N2C(=O)C[C@@H](N3CCN(c4cc(Cl)ccc4C)CC3)C2=O)c1. The van der Waals surface area contributed by atoms with Crippen molar-refractivity contribution < 1.29 is 14.3 Å². The van der Waals surface area contributed by atoms with Crippen molar-refractivity contribution in [2.24, 2.45) is 0 Å². The van der Waals surface area contributed by atoms with Gasteiger partial charge in [-0.1, -0.05) is 23.7 Å². The molecule has 2 aliphatic heterocycles. The number of benzene rings is 2. The third kappa shape index (κ3) is 3.82. The predicted octanol–water partition coefficient (Wildman–Crippen LogP) is 3.11. The van der Waals surface area contributed by atoms with Gasteiger partial charge in [0.2, 0.25) is 5.91 Å². The largest absolute Gasteiger partial charge is 0.497 e. The molecular weight excluding hydrogens is 390 g/mol. The molecule has 6 nitrogen and oxygen atoms in total. The molecule has 0 aromatic heterocycles. The van der Waals surface area contributed by atoms with Crippen molar-refractivity contribution in [1.82, 2.24) is 4.90 Å². The summed E-state index contributed by atoms with van der Waals surface area (Å²) in [6.45, 7) is 5.10. The van der Waals surface area contributed by atoms with Gasteiger partial charge in [-0.05, 0) is 36.8 Å². The van der Waals surface area contributed by atoms with Gasteiger partial charge in [0.25, 0.3) is 5.91 Å². The number of carbonyl (C=O) groups is 2. The highest BCUT2D eigenvalue weighted by atomic mass is 35.5. The lowest BCUT2D eigenvalue weighted by Crippen LogP contribution is -2.52. The van der Waals surface area contributed by atoms with Gasteiger partial charge in [0.1, 0.15) is 5.75 Å². The molecule has 2 heterocycles. The fourth-order valence-corrected chi connectivity index (χ4v) is 4.29. The molecule has 2 aliphatic rings. The average molecular weight is 414 g/mol. The number of nitrogens with zero attached hydrogens (tertiary/aromatic N) is 3. The number of ether oxygens (including phenoxy) is 1. The van der Waals surface area contributed by atoms with Crippen LogP contribution in [0.4, 0.5) is 11.4 Å². The Bertz CT molecular complexity index is 941. The zero-order chi connectivity index (χ0) is 20.5. The van der Waals surface area contributed by atoms with Gasteiger partial charge in [0, 0.05) is 43.0 Å². The van der Waals surface area contributed by atoms with Gasteiger partial charge in [-0.25, -0.2) is 4.90 Å². The summed E-state index contributed by atoms with van der Waals surface area (Å²) in [5, 5.41) is 0.721. The molecule has 0 spiro atoms. The first-order valence-electron chi connectivity index (χ1n) is 9.74. The zero-order valence-corrected chi connectivity index (χ0v) is 17.4. The number of imide groups is 1. The molecule has 2 fully saturated rings. The van der Waals surface area contributed by atoms with Gasteiger partial charge in [-0.3, -0.25) is 14.5 Å². The summed E-state index contributed by atoms with van der Waals surface area (Å²) in [4.78, 5) is 31.4. The number of piperazine rings is 1. The molecule has 2 aromatic carbocycles. The Labute approximate surface area is 175 Å². The highest BCUT2D eigenvalue weighted by molar-refractivity contribution is 6.30. The van der Waals surface area contributed by atoms with E-state index < -0.39 is 6.04 Å². The van der Waals surface area contributed by atoms with Crippen molar-refractivity contribution in [2.75, 3.05) is 43.1 Å². The second-order valence-corrected chi connectivity index (χ2v) is 7.88. The topological polar surface area (TPSA) is 53.1 Å². The first-order valence-corrected chi connectivity index (χ1v) is 10.1. The van der Waals surface area contributed by atoms with Gasteiger partial charge in [-0.2, -0.15) is 0 Å². The number of methoxy groups -OCH3 is 1. The number of carbonyl (C=O) groups excluding carboxylic acids is 2. The van der Waals surface area contributed by atoms with Crippen LogP contribution in [0.15, 0.2) is 42.5 Å². The van der Waals surface area contributed by atoms with Crippen molar-refractivity contribution in [3.63, 3.8) is 0 Å². The van der Waals surface area contributed by atoms with Gasteiger partial charge < -0.3 is 9.64 Å². The Morgan fingerprint density at radius 3 is 2.52 bits per heavy atom. The Balaban J connectivity index is 1.46. The van der Waals surface area contributed by atoms with Crippen LogP contribution in [-0.4, -0.2) is 56.0 Å². The van der Waals surface area contributed by atoms with Gasteiger partial charge in [-0.15, -0.1) is 0 Å². The molecule has 2 amide bonds. The number of anilines is 2. The zero-order valence-electron chi connectivity index (χ0n) is 16.6. The van der Waals surface area contributed by atoms with Crippen LogP contribution in [0.1, 0.15) is 12.0 Å². The average Bonchev–Trinajstić information content (AvgIpc) is 3.04. The summed E-state index contributed by atoms with van der Waals surface area (Å²) in [7, 11) is 1.57. The molecule has 0 bridgehead atoms. The van der Waals surface area contributed by atoms with E-state index in [0.29, 0.717) is 11.4 Å². The Morgan fingerprint density at radius 2 is 1.79 bits per heavy atom. The van der Waals surface area contributed by atoms with Crippen LogP contribution < -0.4 is 14.5 Å². The standard InChI is InChI=1S/C22H24ClN3O3/c1-15-6-7-16(23)12-19(15)24-8-10-25(11-9-24)20-14-21(27)26(22(20)28)17-4-3-5-18(13-17)29-2/h3-7,12-13,20H,8-11,14H2,1-2H3/t20-/m1/s1. The van der Waals surface area contributed by atoms with Gasteiger partial charge in [0.15, 0.2) is 0 Å². The lowest BCUT2D eigenvalue weighted by atomic mass is 10.1. The number of hydrogen-bond acceptors (Lipinski definition) is 5. The maximum absolute atomic E-state index is 13.1. The molecule has 152 valence electrons. The van der Waals surface area contributed by atoms with Crippen molar-refractivity contribution in [3.8, 4) is 5.75 Å². The second kappa shape index (κ2) is 8.05. The molecule has 0 saturated carbocycles. The molecule has 1 atom stereocenters. The lowest BCUT2D eigenvalue weighted by molar-refractivity contribution is -0.123. The number of rotatable bonds is 4. The first kappa shape index (κ1) is 19.7. The fourth-order valence-electron chi connectivity index (χ4n) is 4.12. The summed E-state index contributed by atoms with van der Waals surface area (Å²) in [6, 6.07) is 12.6. The van der Waals surface area contributed by atoms with Crippen LogP contribution in [0.3, 0.4) is 0 Å². The summed E-state index contributed by atoms with van der Waals surface area (Å²) in [5.74, 6) is 0.300. The summed E-state index contributed by atoms with van der Waals surface area (Å²) in [5.41, 5.74) is 2.87. The third-order valence-electron chi connectivity index (χ3n) is 5.70. The molecule has 0 radical (unpaired) electrons. The van der Waals surface area contributed by atoms with E-state index in [2.05, 4.69) is 16.7 Å². The quantitative estimate of drug-likeness (QED) is 0.721. The van der Waals surface area contributed by atoms with Crippen LogP contribution in [0.2, 0.25) is 5.02 Å². The van der Waals surface area contributed by atoms with Crippen molar-refractivity contribution in [2.45, 2.75) is 19.4 Å². The monoisotopic (exact) mass is 413 g/mol. The van der Waals surface area contributed by atoms with E-state index in [1.54, 1.807) is 31.4 Å².